The zero-order chi connectivity index (χ0) is 22.5. The van der Waals surface area contributed by atoms with Crippen molar-refractivity contribution in [3.63, 3.8) is 0 Å². The Morgan fingerprint density at radius 1 is 1.03 bits per heavy atom. The highest BCUT2D eigenvalue weighted by molar-refractivity contribution is 9.10. The first-order valence-electron chi connectivity index (χ1n) is 9.91. The van der Waals surface area contributed by atoms with Crippen molar-refractivity contribution in [2.45, 2.75) is 6.61 Å². The molecule has 3 aromatic carbocycles. The Morgan fingerprint density at radius 2 is 1.72 bits per heavy atom. The number of ether oxygens (including phenoxy) is 2. The molecule has 162 valence electrons. The smallest absolute Gasteiger partial charge is 0.266 e. The van der Waals surface area contributed by atoms with Crippen LogP contribution in [0.4, 0.5) is 5.69 Å². The molecule has 0 radical (unpaired) electrons. The molecule has 1 aliphatic heterocycles. The van der Waals surface area contributed by atoms with Crippen LogP contribution in [0.1, 0.15) is 11.1 Å². The summed E-state index contributed by atoms with van der Waals surface area (Å²) >= 11 is 4.95. The highest BCUT2D eigenvalue weighted by Crippen LogP contribution is 2.38. The van der Waals surface area contributed by atoms with Gasteiger partial charge in [-0.05, 0) is 53.2 Å². The summed E-state index contributed by atoms with van der Waals surface area (Å²) in [6.45, 7) is 0.433. The lowest BCUT2D eigenvalue weighted by molar-refractivity contribution is -0.121. The van der Waals surface area contributed by atoms with E-state index in [2.05, 4.69) is 20.9 Å². The van der Waals surface area contributed by atoms with E-state index in [9.17, 15) is 4.79 Å². The number of rotatable bonds is 6. The Hall–Kier alpha value is -3.03. The molecule has 3 aromatic rings. The number of thioether (sulfide) groups is 1. The molecular weight excluding hydrogens is 488 g/mol. The summed E-state index contributed by atoms with van der Waals surface area (Å²) in [5.41, 5.74) is 2.69. The van der Waals surface area contributed by atoms with Crippen molar-refractivity contribution in [2.24, 2.45) is 4.99 Å². The molecule has 1 fully saturated rings. The van der Waals surface area contributed by atoms with Crippen molar-refractivity contribution in [2.75, 3.05) is 14.2 Å². The summed E-state index contributed by atoms with van der Waals surface area (Å²) in [5.74, 6) is 1.12. The van der Waals surface area contributed by atoms with Crippen LogP contribution in [-0.2, 0) is 11.4 Å². The summed E-state index contributed by atoms with van der Waals surface area (Å²) in [5, 5.41) is 0.637. The summed E-state index contributed by atoms with van der Waals surface area (Å²) in [4.78, 5) is 19.5. The molecule has 4 rings (SSSR count). The quantitative estimate of drug-likeness (QED) is 0.368. The molecule has 0 spiro atoms. The second kappa shape index (κ2) is 10.1. The van der Waals surface area contributed by atoms with Crippen molar-refractivity contribution >= 4 is 50.5 Å². The van der Waals surface area contributed by atoms with Crippen LogP contribution >= 0.6 is 27.7 Å². The topological polar surface area (TPSA) is 51.1 Å². The lowest BCUT2D eigenvalue weighted by Gasteiger charge is -2.13. The maximum atomic E-state index is 12.8. The van der Waals surface area contributed by atoms with Crippen molar-refractivity contribution in [1.29, 1.82) is 0 Å². The van der Waals surface area contributed by atoms with Crippen LogP contribution in [0.25, 0.3) is 6.08 Å². The van der Waals surface area contributed by atoms with E-state index in [0.29, 0.717) is 28.2 Å². The maximum Gasteiger partial charge on any atom is 0.266 e. The van der Waals surface area contributed by atoms with Gasteiger partial charge in [0.1, 0.15) is 6.61 Å². The number of methoxy groups -OCH3 is 1. The monoisotopic (exact) mass is 508 g/mol. The van der Waals surface area contributed by atoms with Gasteiger partial charge in [-0.15, -0.1) is 0 Å². The Balaban J connectivity index is 1.58. The molecule has 0 atom stereocenters. The van der Waals surface area contributed by atoms with E-state index in [4.69, 9.17) is 9.47 Å². The molecule has 0 saturated carbocycles. The van der Waals surface area contributed by atoms with Gasteiger partial charge in [-0.1, -0.05) is 64.5 Å². The van der Waals surface area contributed by atoms with Crippen LogP contribution in [0.3, 0.4) is 0 Å². The maximum absolute atomic E-state index is 12.8. The summed E-state index contributed by atoms with van der Waals surface area (Å²) in [6, 6.07) is 23.2. The number of nitrogens with zero attached hydrogens (tertiary/aromatic N) is 2. The number of amides is 1. The van der Waals surface area contributed by atoms with Crippen LogP contribution in [0.2, 0.25) is 0 Å². The first-order chi connectivity index (χ1) is 15.5. The minimum atomic E-state index is -0.0973. The van der Waals surface area contributed by atoms with Gasteiger partial charge in [0.05, 0.1) is 17.7 Å². The summed E-state index contributed by atoms with van der Waals surface area (Å²) < 4.78 is 12.3. The minimum absolute atomic E-state index is 0.0973. The Morgan fingerprint density at radius 3 is 2.41 bits per heavy atom. The molecule has 0 aliphatic carbocycles. The van der Waals surface area contributed by atoms with Crippen LogP contribution in [0, 0.1) is 0 Å². The van der Waals surface area contributed by atoms with Crippen LogP contribution in [-0.4, -0.2) is 30.1 Å². The van der Waals surface area contributed by atoms with Gasteiger partial charge in [0.25, 0.3) is 5.91 Å². The fraction of sp³-hybridized carbons (Fsp3) is 0.120. The fourth-order valence-corrected chi connectivity index (χ4v) is 4.49. The number of halogens is 1. The number of aliphatic imine (C=N–C) groups is 1. The second-order valence-corrected chi connectivity index (χ2v) is 8.87. The molecule has 1 saturated heterocycles. The van der Waals surface area contributed by atoms with Gasteiger partial charge in [-0.3, -0.25) is 9.69 Å². The number of hydrogen-bond acceptors (Lipinski definition) is 5. The molecule has 1 amide bonds. The Labute approximate surface area is 199 Å². The zero-order valence-electron chi connectivity index (χ0n) is 17.6. The van der Waals surface area contributed by atoms with E-state index in [-0.39, 0.29) is 5.91 Å². The highest BCUT2D eigenvalue weighted by Gasteiger charge is 2.30. The first kappa shape index (κ1) is 22.2. The van der Waals surface area contributed by atoms with Gasteiger partial charge in [-0.25, -0.2) is 4.99 Å². The zero-order valence-corrected chi connectivity index (χ0v) is 20.0. The van der Waals surface area contributed by atoms with Gasteiger partial charge in [-0.2, -0.15) is 0 Å². The van der Waals surface area contributed by atoms with Gasteiger partial charge in [0, 0.05) is 11.5 Å². The highest BCUT2D eigenvalue weighted by atomic mass is 79.9. The third-order valence-electron chi connectivity index (χ3n) is 4.79. The summed E-state index contributed by atoms with van der Waals surface area (Å²) in [7, 11) is 3.33. The molecule has 1 aliphatic rings. The molecule has 0 unspecified atom stereocenters. The number of para-hydroxylation sites is 1. The standard InChI is InChI=1S/C25H21BrN2O3S/c1-28-24(29)23(32-25(28)27-19-11-7-4-8-12-19)14-18-13-21(30-2)22(15-20(18)26)31-16-17-9-5-3-6-10-17/h3-15H,16H2,1-2H3. The molecule has 5 nitrogen and oxygen atoms in total. The Bertz CT molecular complexity index is 1180. The van der Waals surface area contributed by atoms with Crippen LogP contribution < -0.4 is 9.47 Å². The molecule has 7 heteroatoms. The second-order valence-electron chi connectivity index (χ2n) is 7.00. The molecule has 0 bridgehead atoms. The predicted molar refractivity (Wildman–Crippen MR) is 133 cm³/mol. The van der Waals surface area contributed by atoms with E-state index in [0.717, 1.165) is 21.3 Å². The number of carbonyl (C=O) groups excluding carboxylic acids is 1. The third-order valence-corrected chi connectivity index (χ3v) is 6.54. The van der Waals surface area contributed by atoms with Gasteiger partial charge in [0.15, 0.2) is 16.7 Å². The molecule has 0 aromatic heterocycles. The van der Waals surface area contributed by atoms with Crippen LogP contribution in [0.5, 0.6) is 11.5 Å². The van der Waals surface area contributed by atoms with E-state index >= 15 is 0 Å². The summed E-state index contributed by atoms with van der Waals surface area (Å²) in [6.07, 6.45) is 1.84. The fourth-order valence-electron chi connectivity index (χ4n) is 3.07. The van der Waals surface area contributed by atoms with Gasteiger partial charge >= 0.3 is 0 Å². The van der Waals surface area contributed by atoms with E-state index < -0.39 is 0 Å². The first-order valence-corrected chi connectivity index (χ1v) is 11.5. The van der Waals surface area contributed by atoms with Crippen molar-refractivity contribution in [1.82, 2.24) is 4.90 Å². The van der Waals surface area contributed by atoms with Crippen molar-refractivity contribution in [3.05, 3.63) is 93.3 Å². The van der Waals surface area contributed by atoms with Crippen molar-refractivity contribution < 1.29 is 14.3 Å². The van der Waals surface area contributed by atoms with E-state index in [1.54, 1.807) is 19.1 Å². The van der Waals surface area contributed by atoms with Crippen LogP contribution in [0.15, 0.2) is 87.2 Å². The number of amidine groups is 1. The molecular formula is C25H21BrN2O3S. The number of hydrogen-bond donors (Lipinski definition) is 0. The number of likely N-dealkylation sites (N-methyl/N-ethyl adjacent to an activating group) is 1. The SMILES string of the molecule is COc1cc(C=C2SC(=Nc3ccccc3)N(C)C2=O)c(Br)cc1OCc1ccccc1. The predicted octanol–water partition coefficient (Wildman–Crippen LogP) is 6.27. The number of carbonyl (C=O) groups is 1. The average Bonchev–Trinajstić information content (AvgIpc) is 3.08. The molecule has 32 heavy (non-hydrogen) atoms. The van der Waals surface area contributed by atoms with E-state index in [1.807, 2.05) is 78.9 Å². The van der Waals surface area contributed by atoms with Gasteiger partial charge in [0.2, 0.25) is 0 Å². The lowest BCUT2D eigenvalue weighted by Crippen LogP contribution is -2.23. The molecule has 0 N–H and O–H groups in total. The Kier molecular flexibility index (Phi) is 6.97. The third kappa shape index (κ3) is 5.06. The largest absolute Gasteiger partial charge is 0.493 e. The average molecular weight is 509 g/mol. The molecule has 1 heterocycles. The minimum Gasteiger partial charge on any atom is -0.493 e. The lowest BCUT2D eigenvalue weighted by atomic mass is 10.1. The number of benzene rings is 3. The normalized spacial score (nSPS) is 16.1. The van der Waals surface area contributed by atoms with E-state index in [1.165, 1.54) is 11.8 Å². The van der Waals surface area contributed by atoms with Crippen molar-refractivity contribution in [3.8, 4) is 11.5 Å². The van der Waals surface area contributed by atoms with Gasteiger partial charge < -0.3 is 9.47 Å².